The first kappa shape index (κ1) is 18.4. The lowest BCUT2D eigenvalue weighted by Crippen LogP contribution is -2.44. The summed E-state index contributed by atoms with van der Waals surface area (Å²) in [5.74, 6) is 2.93. The molecule has 3 aliphatic rings. The predicted molar refractivity (Wildman–Crippen MR) is 102 cm³/mol. The van der Waals surface area contributed by atoms with E-state index in [1.165, 1.54) is 83.4 Å². The molecule has 0 aliphatic carbocycles. The van der Waals surface area contributed by atoms with E-state index in [1.807, 2.05) is 0 Å². The molecular formula is C20H35N5O. The number of ether oxygens (including phenoxy) is 1. The minimum absolute atomic E-state index is 0.571. The molecule has 1 aromatic heterocycles. The van der Waals surface area contributed by atoms with Gasteiger partial charge in [0.25, 0.3) is 0 Å². The average molecular weight is 362 g/mol. The maximum Gasteiger partial charge on any atom is 0.146 e. The van der Waals surface area contributed by atoms with Crippen LogP contribution in [0.3, 0.4) is 0 Å². The zero-order valence-corrected chi connectivity index (χ0v) is 16.4. The topological polar surface area (TPSA) is 46.4 Å². The van der Waals surface area contributed by atoms with Gasteiger partial charge in [-0.2, -0.15) is 0 Å². The van der Waals surface area contributed by atoms with Gasteiger partial charge in [-0.3, -0.25) is 4.90 Å². The van der Waals surface area contributed by atoms with E-state index in [-0.39, 0.29) is 0 Å². The molecule has 6 heteroatoms. The molecule has 146 valence electrons. The minimum atomic E-state index is 0.571. The van der Waals surface area contributed by atoms with Gasteiger partial charge in [-0.1, -0.05) is 12.8 Å². The Bertz CT molecular complexity index is 553. The van der Waals surface area contributed by atoms with Gasteiger partial charge < -0.3 is 14.2 Å². The summed E-state index contributed by atoms with van der Waals surface area (Å²) < 4.78 is 7.81. The second-order valence-electron chi connectivity index (χ2n) is 8.38. The minimum Gasteiger partial charge on any atom is -0.381 e. The normalized spacial score (nSPS) is 25.4. The van der Waals surface area contributed by atoms with Crippen molar-refractivity contribution in [2.75, 3.05) is 39.4 Å². The van der Waals surface area contributed by atoms with Crippen LogP contribution in [0.2, 0.25) is 0 Å². The fourth-order valence-electron chi connectivity index (χ4n) is 4.94. The van der Waals surface area contributed by atoms with Crippen molar-refractivity contribution in [2.24, 2.45) is 7.05 Å². The van der Waals surface area contributed by atoms with Crippen molar-refractivity contribution < 1.29 is 4.74 Å². The lowest BCUT2D eigenvalue weighted by Gasteiger charge is -2.38. The van der Waals surface area contributed by atoms with Crippen LogP contribution >= 0.6 is 0 Å². The molecule has 0 saturated carbocycles. The Labute approximate surface area is 157 Å². The van der Waals surface area contributed by atoms with Crippen LogP contribution in [0, 0.1) is 0 Å². The van der Waals surface area contributed by atoms with Gasteiger partial charge in [-0.15, -0.1) is 10.2 Å². The first-order chi connectivity index (χ1) is 12.8. The van der Waals surface area contributed by atoms with E-state index in [1.54, 1.807) is 0 Å². The summed E-state index contributed by atoms with van der Waals surface area (Å²) in [5.41, 5.74) is 0. The molecule has 6 nitrogen and oxygen atoms in total. The van der Waals surface area contributed by atoms with Crippen LogP contribution in [-0.2, 0) is 18.3 Å². The van der Waals surface area contributed by atoms with Crippen LogP contribution < -0.4 is 0 Å². The molecular weight excluding hydrogens is 326 g/mol. The van der Waals surface area contributed by atoms with Crippen molar-refractivity contribution in [1.82, 2.24) is 24.6 Å². The Morgan fingerprint density at radius 3 is 2.27 bits per heavy atom. The molecule has 4 rings (SSSR count). The zero-order valence-electron chi connectivity index (χ0n) is 16.4. The number of likely N-dealkylation sites (tertiary alicyclic amines) is 2. The highest BCUT2D eigenvalue weighted by Gasteiger charge is 2.29. The van der Waals surface area contributed by atoms with E-state index < -0.39 is 0 Å². The van der Waals surface area contributed by atoms with Crippen LogP contribution in [0.1, 0.15) is 68.9 Å². The Morgan fingerprint density at radius 1 is 0.885 bits per heavy atom. The lowest BCUT2D eigenvalue weighted by molar-refractivity contribution is 0.0247. The van der Waals surface area contributed by atoms with Gasteiger partial charge in [-0.05, 0) is 64.7 Å². The average Bonchev–Trinajstić information content (AvgIpc) is 2.88. The van der Waals surface area contributed by atoms with E-state index >= 15 is 0 Å². The summed E-state index contributed by atoms with van der Waals surface area (Å²) in [6.07, 6.45) is 10.3. The number of rotatable bonds is 4. The second-order valence-corrected chi connectivity index (χ2v) is 8.38. The standard InChI is InChI=1S/C20H35N5O/c1-23-19(16-24-10-4-2-3-5-11-24)21-22-20(23)17-6-12-25(13-7-17)18-8-14-26-15-9-18/h17-18H,2-16H2,1H3. The summed E-state index contributed by atoms with van der Waals surface area (Å²) in [6, 6.07) is 0.739. The molecule has 3 fully saturated rings. The van der Waals surface area contributed by atoms with Crippen molar-refractivity contribution >= 4 is 0 Å². The molecule has 4 heterocycles. The highest BCUT2D eigenvalue weighted by atomic mass is 16.5. The van der Waals surface area contributed by atoms with Crippen molar-refractivity contribution in [1.29, 1.82) is 0 Å². The number of aromatic nitrogens is 3. The second kappa shape index (κ2) is 8.81. The van der Waals surface area contributed by atoms with Crippen LogP contribution in [0.5, 0.6) is 0 Å². The molecule has 0 amide bonds. The lowest BCUT2D eigenvalue weighted by atomic mass is 9.93. The Hall–Kier alpha value is -0.980. The molecule has 1 aromatic rings. The molecule has 0 radical (unpaired) electrons. The van der Waals surface area contributed by atoms with Crippen molar-refractivity contribution in [3.63, 3.8) is 0 Å². The molecule has 3 aliphatic heterocycles. The van der Waals surface area contributed by atoms with Crippen LogP contribution in [0.25, 0.3) is 0 Å². The van der Waals surface area contributed by atoms with Crippen LogP contribution in [-0.4, -0.2) is 70.0 Å². The van der Waals surface area contributed by atoms with E-state index in [9.17, 15) is 0 Å². The van der Waals surface area contributed by atoms with Gasteiger partial charge >= 0.3 is 0 Å². The van der Waals surface area contributed by atoms with E-state index in [0.29, 0.717) is 5.92 Å². The quantitative estimate of drug-likeness (QED) is 0.825. The van der Waals surface area contributed by atoms with E-state index in [0.717, 1.165) is 31.6 Å². The zero-order chi connectivity index (χ0) is 17.8. The van der Waals surface area contributed by atoms with Gasteiger partial charge in [0, 0.05) is 32.2 Å². The largest absolute Gasteiger partial charge is 0.381 e. The number of hydrogen-bond acceptors (Lipinski definition) is 5. The summed E-state index contributed by atoms with van der Waals surface area (Å²) in [4.78, 5) is 5.25. The fraction of sp³-hybridized carbons (Fsp3) is 0.900. The fourth-order valence-corrected chi connectivity index (χ4v) is 4.94. The maximum absolute atomic E-state index is 5.52. The maximum atomic E-state index is 5.52. The van der Waals surface area contributed by atoms with Crippen molar-refractivity contribution in [3.05, 3.63) is 11.6 Å². The molecule has 26 heavy (non-hydrogen) atoms. The predicted octanol–water partition coefficient (Wildman–Crippen LogP) is 2.55. The SMILES string of the molecule is Cn1c(CN2CCCCCC2)nnc1C1CCN(C2CCOCC2)CC1. The molecule has 0 N–H and O–H groups in total. The van der Waals surface area contributed by atoms with Gasteiger partial charge in [-0.25, -0.2) is 0 Å². The smallest absolute Gasteiger partial charge is 0.146 e. The van der Waals surface area contributed by atoms with E-state index in [4.69, 9.17) is 4.74 Å². The third-order valence-electron chi connectivity index (χ3n) is 6.66. The third-order valence-corrected chi connectivity index (χ3v) is 6.66. The van der Waals surface area contributed by atoms with Crippen molar-refractivity contribution in [2.45, 2.75) is 69.9 Å². The third kappa shape index (κ3) is 4.29. The monoisotopic (exact) mass is 361 g/mol. The van der Waals surface area contributed by atoms with Gasteiger partial charge in [0.1, 0.15) is 11.6 Å². The number of nitrogens with zero attached hydrogens (tertiary/aromatic N) is 5. The molecule has 3 saturated heterocycles. The first-order valence-electron chi connectivity index (χ1n) is 10.7. The molecule has 0 atom stereocenters. The van der Waals surface area contributed by atoms with Crippen LogP contribution in [0.15, 0.2) is 0 Å². The van der Waals surface area contributed by atoms with Crippen molar-refractivity contribution in [3.8, 4) is 0 Å². The van der Waals surface area contributed by atoms with Crippen LogP contribution in [0.4, 0.5) is 0 Å². The summed E-state index contributed by atoms with van der Waals surface area (Å²) in [7, 11) is 2.17. The Morgan fingerprint density at radius 2 is 1.58 bits per heavy atom. The highest BCUT2D eigenvalue weighted by Crippen LogP contribution is 2.29. The number of piperidine rings is 1. The summed E-state index contributed by atoms with van der Waals surface area (Å²) in [5, 5.41) is 9.18. The highest BCUT2D eigenvalue weighted by molar-refractivity contribution is 5.04. The van der Waals surface area contributed by atoms with E-state index in [2.05, 4.69) is 31.6 Å². The molecule has 0 spiro atoms. The Balaban J connectivity index is 1.33. The van der Waals surface area contributed by atoms with Gasteiger partial charge in [0.2, 0.25) is 0 Å². The summed E-state index contributed by atoms with van der Waals surface area (Å²) >= 11 is 0. The molecule has 0 bridgehead atoms. The summed E-state index contributed by atoms with van der Waals surface area (Å²) in [6.45, 7) is 7.66. The molecule has 0 aromatic carbocycles. The first-order valence-corrected chi connectivity index (χ1v) is 10.7. The van der Waals surface area contributed by atoms with Gasteiger partial charge in [0.15, 0.2) is 0 Å². The van der Waals surface area contributed by atoms with Gasteiger partial charge in [0.05, 0.1) is 6.54 Å². The molecule has 0 unspecified atom stereocenters. The number of hydrogen-bond donors (Lipinski definition) is 0. The Kier molecular flexibility index (Phi) is 6.23.